The third-order valence-electron chi connectivity index (χ3n) is 3.70. The number of benzene rings is 3. The number of hydrogen-bond acceptors (Lipinski definition) is 1. The lowest BCUT2D eigenvalue weighted by Gasteiger charge is -2.12. The quantitative estimate of drug-likeness (QED) is 0.580. The van der Waals surface area contributed by atoms with Crippen molar-refractivity contribution in [3.8, 4) is 5.75 Å². The minimum Gasteiger partial charge on any atom is -0.496 e. The van der Waals surface area contributed by atoms with Crippen LogP contribution in [-0.4, -0.2) is 7.11 Å². The molecule has 0 amide bonds. The second kappa shape index (κ2) is 7.77. The van der Waals surface area contributed by atoms with Gasteiger partial charge in [0.25, 0.3) is 0 Å². The van der Waals surface area contributed by atoms with Crippen molar-refractivity contribution in [3.63, 3.8) is 0 Å². The van der Waals surface area contributed by atoms with Gasteiger partial charge in [0.05, 0.1) is 7.11 Å². The molecule has 3 heteroatoms. The number of ether oxygens (including phenoxy) is 1. The van der Waals surface area contributed by atoms with Crippen LogP contribution in [0.4, 0.5) is 0 Å². The highest BCUT2D eigenvalue weighted by Crippen LogP contribution is 2.27. The van der Waals surface area contributed by atoms with E-state index >= 15 is 0 Å². The standard InChI is InChI=1S/C20H18BrOP/c1-22-18-12-6-5-8-15(18)14-16-9-7-13-19(20(16)21)23-17-10-3-2-4-11-17/h2-13,23H,14H2,1H3. The normalized spacial score (nSPS) is 11.0. The van der Waals surface area contributed by atoms with E-state index in [1.165, 1.54) is 26.2 Å². The summed E-state index contributed by atoms with van der Waals surface area (Å²) < 4.78 is 6.67. The van der Waals surface area contributed by atoms with E-state index in [2.05, 4.69) is 76.6 Å². The molecule has 116 valence electrons. The lowest BCUT2D eigenvalue weighted by Crippen LogP contribution is -2.07. The van der Waals surface area contributed by atoms with Crippen molar-refractivity contribution in [2.45, 2.75) is 6.42 Å². The Balaban J connectivity index is 1.88. The summed E-state index contributed by atoms with van der Waals surface area (Å²) in [6.07, 6.45) is 0.859. The van der Waals surface area contributed by atoms with Gasteiger partial charge in [-0.25, -0.2) is 0 Å². The lowest BCUT2D eigenvalue weighted by molar-refractivity contribution is 0.410. The maximum atomic E-state index is 5.47. The summed E-state index contributed by atoms with van der Waals surface area (Å²) in [6, 6.07) is 25.3. The van der Waals surface area contributed by atoms with Gasteiger partial charge in [-0.2, -0.15) is 0 Å². The van der Waals surface area contributed by atoms with Crippen molar-refractivity contribution in [2.75, 3.05) is 7.11 Å². The van der Waals surface area contributed by atoms with E-state index in [4.69, 9.17) is 4.74 Å². The molecular weight excluding hydrogens is 367 g/mol. The molecule has 1 nitrogen and oxygen atoms in total. The van der Waals surface area contributed by atoms with Crippen LogP contribution in [0.2, 0.25) is 0 Å². The molecule has 3 aromatic rings. The van der Waals surface area contributed by atoms with Crippen LogP contribution in [0.15, 0.2) is 77.3 Å². The number of rotatable bonds is 5. The third-order valence-corrected chi connectivity index (χ3v) is 6.32. The maximum Gasteiger partial charge on any atom is 0.122 e. The summed E-state index contributed by atoms with van der Waals surface area (Å²) in [6.45, 7) is 0. The minimum atomic E-state index is 0.652. The Hall–Kier alpha value is -1.63. The largest absolute Gasteiger partial charge is 0.496 e. The van der Waals surface area contributed by atoms with Crippen molar-refractivity contribution in [1.29, 1.82) is 0 Å². The van der Waals surface area contributed by atoms with Crippen molar-refractivity contribution in [2.24, 2.45) is 0 Å². The predicted octanol–water partition coefficient (Wildman–Crippen LogP) is 4.68. The molecule has 0 heterocycles. The van der Waals surface area contributed by atoms with E-state index in [-0.39, 0.29) is 0 Å². The molecule has 0 fully saturated rings. The first-order valence-corrected chi connectivity index (χ1v) is 9.28. The van der Waals surface area contributed by atoms with Crippen molar-refractivity contribution in [1.82, 2.24) is 0 Å². The van der Waals surface area contributed by atoms with Gasteiger partial charge >= 0.3 is 0 Å². The molecule has 0 aliphatic rings. The zero-order valence-corrected chi connectivity index (χ0v) is 15.5. The first-order chi connectivity index (χ1) is 11.3. The lowest BCUT2D eigenvalue weighted by atomic mass is 10.0. The van der Waals surface area contributed by atoms with Gasteiger partial charge in [0.1, 0.15) is 5.75 Å². The van der Waals surface area contributed by atoms with E-state index in [0.29, 0.717) is 8.58 Å². The minimum absolute atomic E-state index is 0.652. The number of para-hydroxylation sites is 1. The molecule has 0 saturated carbocycles. The highest BCUT2D eigenvalue weighted by atomic mass is 79.9. The molecule has 0 aliphatic carbocycles. The third kappa shape index (κ3) is 4.02. The smallest absolute Gasteiger partial charge is 0.122 e. The van der Waals surface area contributed by atoms with Crippen LogP contribution in [0.3, 0.4) is 0 Å². The summed E-state index contributed by atoms with van der Waals surface area (Å²) >= 11 is 3.81. The van der Waals surface area contributed by atoms with Gasteiger partial charge in [0.15, 0.2) is 0 Å². The van der Waals surface area contributed by atoms with E-state index < -0.39 is 0 Å². The maximum absolute atomic E-state index is 5.47. The topological polar surface area (TPSA) is 9.23 Å². The monoisotopic (exact) mass is 384 g/mol. The van der Waals surface area contributed by atoms with Crippen LogP contribution in [0.25, 0.3) is 0 Å². The molecule has 1 unspecified atom stereocenters. The highest BCUT2D eigenvalue weighted by molar-refractivity contribution is 9.10. The SMILES string of the molecule is COc1ccccc1Cc1cccc(Pc2ccccc2)c1Br. The summed E-state index contributed by atoms with van der Waals surface area (Å²) in [5.41, 5.74) is 2.49. The van der Waals surface area contributed by atoms with Crippen LogP contribution in [-0.2, 0) is 6.42 Å². The summed E-state index contributed by atoms with van der Waals surface area (Å²) in [5.74, 6) is 0.940. The molecule has 0 aliphatic heterocycles. The van der Waals surface area contributed by atoms with Gasteiger partial charge in [0, 0.05) is 10.9 Å². The summed E-state index contributed by atoms with van der Waals surface area (Å²) in [5, 5.41) is 2.69. The Kier molecular flexibility index (Phi) is 5.48. The molecule has 0 radical (unpaired) electrons. The van der Waals surface area contributed by atoms with Gasteiger partial charge in [-0.15, -0.1) is 0 Å². The molecule has 0 saturated heterocycles. The Labute approximate surface area is 147 Å². The molecule has 23 heavy (non-hydrogen) atoms. The molecule has 3 rings (SSSR count). The van der Waals surface area contributed by atoms with Crippen molar-refractivity contribution < 1.29 is 4.74 Å². The Bertz CT molecular complexity index is 787. The molecule has 0 spiro atoms. The van der Waals surface area contributed by atoms with Crippen molar-refractivity contribution in [3.05, 3.63) is 88.4 Å². The molecule has 0 aromatic heterocycles. The fourth-order valence-corrected chi connectivity index (χ4v) is 4.37. The van der Waals surface area contributed by atoms with Crippen molar-refractivity contribution >= 4 is 35.1 Å². The van der Waals surface area contributed by atoms with Gasteiger partial charge in [0.2, 0.25) is 0 Å². The van der Waals surface area contributed by atoms with Gasteiger partial charge in [-0.05, 0) is 43.7 Å². The van der Waals surface area contributed by atoms with Crippen LogP contribution in [0.5, 0.6) is 5.75 Å². The zero-order valence-electron chi connectivity index (χ0n) is 12.9. The molecule has 0 bridgehead atoms. The van der Waals surface area contributed by atoms with Gasteiger partial charge in [-0.3, -0.25) is 0 Å². The number of halogens is 1. The Morgan fingerprint density at radius 3 is 2.30 bits per heavy atom. The van der Waals surface area contributed by atoms with E-state index in [9.17, 15) is 0 Å². The van der Waals surface area contributed by atoms with Crippen LogP contribution < -0.4 is 15.3 Å². The van der Waals surface area contributed by atoms with Crippen LogP contribution in [0.1, 0.15) is 11.1 Å². The fraction of sp³-hybridized carbons (Fsp3) is 0.100. The first kappa shape index (κ1) is 16.2. The Morgan fingerprint density at radius 1 is 0.826 bits per heavy atom. The molecule has 3 aromatic carbocycles. The molecule has 1 atom stereocenters. The summed E-state index contributed by atoms with van der Waals surface area (Å²) in [7, 11) is 2.38. The van der Waals surface area contributed by atoms with E-state index in [0.717, 1.165) is 12.2 Å². The second-order valence-electron chi connectivity index (χ2n) is 5.26. The highest BCUT2D eigenvalue weighted by Gasteiger charge is 2.09. The average Bonchev–Trinajstić information content (AvgIpc) is 2.60. The van der Waals surface area contributed by atoms with Gasteiger partial charge < -0.3 is 4.74 Å². The summed E-state index contributed by atoms with van der Waals surface area (Å²) in [4.78, 5) is 0. The Morgan fingerprint density at radius 2 is 1.52 bits per heavy atom. The predicted molar refractivity (Wildman–Crippen MR) is 104 cm³/mol. The van der Waals surface area contributed by atoms with Crippen LogP contribution in [0, 0.1) is 0 Å². The van der Waals surface area contributed by atoms with E-state index in [1.54, 1.807) is 7.11 Å². The number of hydrogen-bond donors (Lipinski definition) is 0. The molecular formula is C20H18BrOP. The van der Waals surface area contributed by atoms with Crippen LogP contribution >= 0.6 is 24.5 Å². The molecule has 0 N–H and O–H groups in total. The first-order valence-electron chi connectivity index (χ1n) is 7.49. The van der Waals surface area contributed by atoms with Gasteiger partial charge in [-0.1, -0.05) is 75.3 Å². The fourth-order valence-electron chi connectivity index (χ4n) is 2.54. The number of methoxy groups -OCH3 is 1. The van der Waals surface area contributed by atoms with E-state index in [1.807, 2.05) is 12.1 Å². The average molecular weight is 385 g/mol. The zero-order chi connectivity index (χ0) is 16.1. The second-order valence-corrected chi connectivity index (χ2v) is 7.42.